The molecule has 15 heteroatoms. The highest BCUT2D eigenvalue weighted by Crippen LogP contribution is 2.56. The van der Waals surface area contributed by atoms with Gasteiger partial charge in [-0.25, -0.2) is 4.39 Å². The van der Waals surface area contributed by atoms with Gasteiger partial charge in [0.1, 0.15) is 29.6 Å². The van der Waals surface area contributed by atoms with Crippen molar-refractivity contribution in [2.24, 2.45) is 10.8 Å². The highest BCUT2D eigenvalue weighted by Gasteiger charge is 2.64. The van der Waals surface area contributed by atoms with Crippen LogP contribution in [-0.2, 0) is 16.1 Å². The third-order valence-electron chi connectivity index (χ3n) is 13.9. The van der Waals surface area contributed by atoms with E-state index in [-0.39, 0.29) is 48.4 Å². The van der Waals surface area contributed by atoms with Gasteiger partial charge in [0.15, 0.2) is 0 Å². The van der Waals surface area contributed by atoms with Crippen LogP contribution in [0.4, 0.5) is 15.8 Å². The lowest BCUT2D eigenvalue weighted by Gasteiger charge is -2.63. The van der Waals surface area contributed by atoms with Gasteiger partial charge < -0.3 is 29.7 Å². The summed E-state index contributed by atoms with van der Waals surface area (Å²) in [5, 5.41) is 15.8. The number of H-pyrrole nitrogens is 1. The first-order chi connectivity index (χ1) is 29.5. The van der Waals surface area contributed by atoms with Gasteiger partial charge in [-0.3, -0.25) is 34.2 Å². The van der Waals surface area contributed by atoms with Gasteiger partial charge in [0.2, 0.25) is 17.4 Å². The van der Waals surface area contributed by atoms with Crippen molar-refractivity contribution in [1.29, 1.82) is 5.26 Å². The van der Waals surface area contributed by atoms with E-state index in [4.69, 9.17) is 4.74 Å². The van der Waals surface area contributed by atoms with E-state index in [1.807, 2.05) is 35.2 Å². The molecular formula is C47H51FN8O6. The number of rotatable bonds is 9. The molecule has 0 unspecified atom stereocenters. The Morgan fingerprint density at radius 1 is 0.903 bits per heavy atom. The lowest BCUT2D eigenvalue weighted by molar-refractivity contribution is -0.163. The number of carbonyl (C=O) groups excluding carboxylic acids is 4. The zero-order chi connectivity index (χ0) is 43.7. The van der Waals surface area contributed by atoms with Crippen molar-refractivity contribution in [2.45, 2.75) is 77.4 Å². The minimum Gasteiger partial charge on any atom is -0.488 e. The number of hydrogen-bond donors (Lipinski definition) is 3. The molecule has 0 bridgehead atoms. The first-order valence-corrected chi connectivity index (χ1v) is 21.4. The van der Waals surface area contributed by atoms with E-state index in [1.165, 1.54) is 6.07 Å². The van der Waals surface area contributed by atoms with Crippen molar-refractivity contribution in [3.8, 4) is 11.8 Å². The highest BCUT2D eigenvalue weighted by molar-refractivity contribution is 6.05. The summed E-state index contributed by atoms with van der Waals surface area (Å²) in [6.45, 7) is 12.5. The number of anilines is 2. The third-order valence-corrected chi connectivity index (χ3v) is 13.9. The second-order valence-corrected chi connectivity index (χ2v) is 18.8. The molecule has 3 aromatic carbocycles. The number of aromatic nitrogens is 1. The first kappa shape index (κ1) is 41.1. The van der Waals surface area contributed by atoms with Crippen molar-refractivity contribution >= 4 is 45.9 Å². The number of piperidine rings is 1. The molecule has 3 N–H and O–H groups in total. The molecule has 4 aliphatic heterocycles. The van der Waals surface area contributed by atoms with Gasteiger partial charge >= 0.3 is 0 Å². The Morgan fingerprint density at radius 3 is 2.34 bits per heavy atom. The number of nitriles is 1. The van der Waals surface area contributed by atoms with Crippen LogP contribution in [0.15, 0.2) is 71.5 Å². The Labute approximate surface area is 359 Å². The summed E-state index contributed by atoms with van der Waals surface area (Å²) in [5.74, 6) is -0.575. The molecule has 322 valence electrons. The summed E-state index contributed by atoms with van der Waals surface area (Å²) in [4.78, 5) is 73.7. The fourth-order valence-corrected chi connectivity index (χ4v) is 10.9. The number of piperazine rings is 1. The van der Waals surface area contributed by atoms with E-state index in [9.17, 15) is 29.2 Å². The molecule has 9 rings (SSSR count). The Morgan fingerprint density at radius 2 is 1.63 bits per heavy atom. The number of nitrogens with one attached hydrogen (secondary N) is 3. The van der Waals surface area contributed by atoms with Crippen LogP contribution in [0.5, 0.6) is 5.75 Å². The number of fused-ring (bicyclic) bond motifs is 2. The van der Waals surface area contributed by atoms with Gasteiger partial charge in [-0.15, -0.1) is 0 Å². The number of hydrogen-bond acceptors (Lipinski definition) is 10. The molecule has 62 heavy (non-hydrogen) atoms. The van der Waals surface area contributed by atoms with E-state index in [0.717, 1.165) is 16.9 Å². The van der Waals surface area contributed by atoms with E-state index < -0.39 is 28.4 Å². The lowest BCUT2D eigenvalue weighted by Crippen LogP contribution is -2.74. The number of halogens is 1. The monoisotopic (exact) mass is 842 g/mol. The zero-order valence-corrected chi connectivity index (χ0v) is 35.4. The van der Waals surface area contributed by atoms with E-state index >= 15 is 4.39 Å². The summed E-state index contributed by atoms with van der Waals surface area (Å²) in [6, 6.07) is 20.8. The topological polar surface area (TPSA) is 171 Å². The van der Waals surface area contributed by atoms with Crippen LogP contribution in [0.3, 0.4) is 0 Å². The Balaban J connectivity index is 0.768. The minimum absolute atomic E-state index is 0.192. The van der Waals surface area contributed by atoms with Gasteiger partial charge in [0.05, 0.1) is 17.6 Å². The Kier molecular flexibility index (Phi) is 10.1. The lowest BCUT2D eigenvalue weighted by atomic mass is 9.49. The molecule has 4 fully saturated rings. The molecule has 5 heterocycles. The molecule has 0 radical (unpaired) electrons. The van der Waals surface area contributed by atoms with Gasteiger partial charge in [-0.1, -0.05) is 27.7 Å². The maximum atomic E-state index is 16.4. The van der Waals surface area contributed by atoms with E-state index in [0.29, 0.717) is 92.0 Å². The van der Waals surface area contributed by atoms with E-state index in [1.54, 1.807) is 35.2 Å². The quantitative estimate of drug-likeness (QED) is 0.204. The number of alkyl halides is 1. The fourth-order valence-electron chi connectivity index (χ4n) is 10.9. The molecule has 14 nitrogen and oxygen atoms in total. The van der Waals surface area contributed by atoms with Crippen molar-refractivity contribution in [3.63, 3.8) is 0 Å². The average Bonchev–Trinajstić information content (AvgIpc) is 3.80. The summed E-state index contributed by atoms with van der Waals surface area (Å²) >= 11 is 0. The number of pyridine rings is 1. The second-order valence-electron chi connectivity index (χ2n) is 18.8. The van der Waals surface area contributed by atoms with Gasteiger partial charge in [0.25, 0.3) is 11.8 Å². The summed E-state index contributed by atoms with van der Waals surface area (Å²) in [6.07, 6.45) is 0.657. The number of imide groups is 1. The molecule has 1 aromatic heterocycles. The normalized spacial score (nSPS) is 25.6. The first-order valence-electron chi connectivity index (χ1n) is 21.4. The molecule has 0 spiro atoms. The van der Waals surface area contributed by atoms with Crippen LogP contribution < -0.4 is 30.7 Å². The molecule has 1 aliphatic carbocycles. The summed E-state index contributed by atoms with van der Waals surface area (Å²) in [7, 11) is 0. The van der Waals surface area contributed by atoms with E-state index in [2.05, 4.69) is 59.2 Å². The number of benzene rings is 3. The standard InChI is InChI=1S/C47H51FN8O6/c1-45(2)43(46(3,4)44(45)62-36-14-7-29(24-49)39-34(36)12-15-37(57)50-39)52-40(59)28-5-8-31(9-6-28)55-18-17-47(48,27-55)26-53-19-21-54(22-20-53)32-10-11-33-30(23-32)25-56(42(33)61)35-13-16-38(58)51-41(35)60/h5-12,14-15,23,35,43-44H,13,16-22,25-27H2,1-4H3,(H,50,57)(H,52,59)(H,51,58,60)/t35-,43?,44?,47+/m0/s1. The van der Waals surface area contributed by atoms with Crippen molar-refractivity contribution in [2.75, 3.05) is 55.6 Å². The molecule has 2 atom stereocenters. The minimum atomic E-state index is -1.38. The molecular weight excluding hydrogens is 792 g/mol. The molecule has 4 aromatic rings. The van der Waals surface area contributed by atoms with Crippen molar-refractivity contribution < 1.29 is 28.3 Å². The van der Waals surface area contributed by atoms with Gasteiger partial charge in [-0.05, 0) is 72.6 Å². The maximum Gasteiger partial charge on any atom is 0.255 e. The van der Waals surface area contributed by atoms with Crippen LogP contribution in [0.25, 0.3) is 10.9 Å². The van der Waals surface area contributed by atoms with Crippen molar-refractivity contribution in [3.05, 3.63) is 99.3 Å². The molecule has 3 saturated heterocycles. The second kappa shape index (κ2) is 15.3. The number of aromatic amines is 1. The van der Waals surface area contributed by atoms with Crippen LogP contribution in [-0.4, -0.2) is 108 Å². The van der Waals surface area contributed by atoms with Gasteiger partial charge in [-0.2, -0.15) is 5.26 Å². The van der Waals surface area contributed by atoms with Gasteiger partial charge in [0, 0.05) is 109 Å². The SMILES string of the molecule is CC1(C)C(NC(=O)c2ccc(N3CC[C@@](F)(CN4CCN(c5ccc6c(c5)CN([C@H]5CCC(=O)NC5=O)C6=O)CC4)C3)cc2)C(C)(C)C1Oc1ccc(C#N)c2[nH]c(=O)ccc12. The van der Waals surface area contributed by atoms with Crippen molar-refractivity contribution in [1.82, 2.24) is 25.4 Å². The van der Waals surface area contributed by atoms with Crippen LogP contribution in [0.1, 0.15) is 78.8 Å². The average molecular weight is 843 g/mol. The van der Waals surface area contributed by atoms with Crippen LogP contribution in [0.2, 0.25) is 0 Å². The highest BCUT2D eigenvalue weighted by atomic mass is 19.1. The molecule has 1 saturated carbocycles. The summed E-state index contributed by atoms with van der Waals surface area (Å²) in [5.41, 5.74) is 2.00. The zero-order valence-electron chi connectivity index (χ0n) is 35.4. The number of nitrogens with zero attached hydrogens (tertiary/aromatic N) is 5. The Bertz CT molecular complexity index is 2580. The number of amides is 4. The molecule has 5 aliphatic rings. The fraction of sp³-hybridized carbons (Fsp3) is 0.447. The van der Waals surface area contributed by atoms with Crippen LogP contribution >= 0.6 is 0 Å². The molecule has 4 amide bonds. The Hall–Kier alpha value is -6.27. The largest absolute Gasteiger partial charge is 0.488 e. The predicted octanol–water partition coefficient (Wildman–Crippen LogP) is 4.51. The maximum absolute atomic E-state index is 16.4. The number of carbonyl (C=O) groups is 4. The van der Waals surface area contributed by atoms with Crippen LogP contribution in [0, 0.1) is 22.2 Å². The number of ether oxygens (including phenoxy) is 1. The predicted molar refractivity (Wildman–Crippen MR) is 231 cm³/mol. The third kappa shape index (κ3) is 7.23. The smallest absolute Gasteiger partial charge is 0.255 e. The summed E-state index contributed by atoms with van der Waals surface area (Å²) < 4.78 is 23.0.